The number of aliphatic hydroxyl groups is 1. The quantitative estimate of drug-likeness (QED) is 0.854. The number of nitrogens with one attached hydrogen (secondary N) is 1. The van der Waals surface area contributed by atoms with Crippen molar-refractivity contribution in [2.45, 2.75) is 4.90 Å². The predicted molar refractivity (Wildman–Crippen MR) is 82.7 cm³/mol. The number of hydrogen-bond donors (Lipinski definition) is 2. The number of aliphatic hydroxyl groups excluding tert-OH is 1. The molecule has 4 nitrogen and oxygen atoms in total. The van der Waals surface area contributed by atoms with Crippen molar-refractivity contribution >= 4 is 27.3 Å². The Balaban J connectivity index is 2.31. The van der Waals surface area contributed by atoms with Crippen LogP contribution >= 0.6 is 11.6 Å². The van der Waals surface area contributed by atoms with Gasteiger partial charge in [0.1, 0.15) is 6.61 Å². The lowest BCUT2D eigenvalue weighted by Gasteiger charge is -2.08. The zero-order valence-corrected chi connectivity index (χ0v) is 12.4. The summed E-state index contributed by atoms with van der Waals surface area (Å²) < 4.78 is 27.0. The maximum Gasteiger partial charge on any atom is 0.261 e. The maximum atomic E-state index is 12.3. The van der Waals surface area contributed by atoms with Gasteiger partial charge in [-0.3, -0.25) is 4.72 Å². The van der Waals surface area contributed by atoms with Crippen LogP contribution < -0.4 is 4.72 Å². The van der Waals surface area contributed by atoms with E-state index >= 15 is 0 Å². The van der Waals surface area contributed by atoms with Crippen molar-refractivity contribution in [1.29, 1.82) is 0 Å². The lowest BCUT2D eigenvalue weighted by atomic mass is 10.2. The van der Waals surface area contributed by atoms with Gasteiger partial charge >= 0.3 is 0 Å². The van der Waals surface area contributed by atoms with Gasteiger partial charge in [-0.2, -0.15) is 0 Å². The Labute approximate surface area is 128 Å². The zero-order chi connectivity index (χ0) is 15.3. The third-order valence-corrected chi connectivity index (χ3v) is 4.15. The lowest BCUT2D eigenvalue weighted by molar-refractivity contribution is 0.350. The van der Waals surface area contributed by atoms with Gasteiger partial charge < -0.3 is 5.11 Å². The minimum absolute atomic E-state index is 0.0900. The molecule has 108 valence electrons. The van der Waals surface area contributed by atoms with E-state index in [9.17, 15) is 8.42 Å². The smallest absolute Gasteiger partial charge is 0.261 e. The molecule has 0 radical (unpaired) electrons. The molecule has 2 aromatic carbocycles. The summed E-state index contributed by atoms with van der Waals surface area (Å²) in [4.78, 5) is 0.0900. The number of halogens is 1. The number of anilines is 1. The highest BCUT2D eigenvalue weighted by Crippen LogP contribution is 2.19. The Bertz CT molecular complexity index is 807. The first kappa shape index (κ1) is 15.4. The van der Waals surface area contributed by atoms with Gasteiger partial charge in [-0.25, -0.2) is 8.42 Å². The van der Waals surface area contributed by atoms with Crippen LogP contribution in [0.2, 0.25) is 5.02 Å². The van der Waals surface area contributed by atoms with Crippen LogP contribution in [0.1, 0.15) is 5.56 Å². The van der Waals surface area contributed by atoms with Crippen molar-refractivity contribution in [3.8, 4) is 11.8 Å². The van der Waals surface area contributed by atoms with E-state index in [0.29, 0.717) is 16.3 Å². The molecule has 0 fully saturated rings. The molecule has 2 N–H and O–H groups in total. The van der Waals surface area contributed by atoms with Crippen LogP contribution in [-0.4, -0.2) is 20.1 Å². The summed E-state index contributed by atoms with van der Waals surface area (Å²) in [7, 11) is -3.72. The second kappa shape index (κ2) is 6.64. The summed E-state index contributed by atoms with van der Waals surface area (Å²) in [6.45, 7) is -0.280. The summed E-state index contributed by atoms with van der Waals surface area (Å²) >= 11 is 5.83. The molecule has 2 rings (SSSR count). The fourth-order valence-corrected chi connectivity index (χ4v) is 2.93. The molecule has 0 aliphatic rings. The largest absolute Gasteiger partial charge is 0.384 e. The van der Waals surface area contributed by atoms with E-state index in [1.807, 2.05) is 0 Å². The van der Waals surface area contributed by atoms with Crippen molar-refractivity contribution in [3.05, 3.63) is 59.1 Å². The standard InChI is InChI=1S/C15H12ClNO3S/c16-13-6-2-7-14(11-13)17-21(19,20)15-8-1-4-12(10-15)5-3-9-18/h1-2,4,6-8,10-11,17-18H,9H2. The maximum absolute atomic E-state index is 12.3. The van der Waals surface area contributed by atoms with E-state index in [2.05, 4.69) is 16.6 Å². The van der Waals surface area contributed by atoms with Crippen molar-refractivity contribution in [3.63, 3.8) is 0 Å². The highest BCUT2D eigenvalue weighted by Gasteiger charge is 2.14. The van der Waals surface area contributed by atoms with Gasteiger partial charge in [0.05, 0.1) is 10.6 Å². The minimum atomic E-state index is -3.72. The van der Waals surface area contributed by atoms with Crippen molar-refractivity contribution in [2.24, 2.45) is 0 Å². The summed E-state index contributed by atoms with van der Waals surface area (Å²) in [6, 6.07) is 12.6. The van der Waals surface area contributed by atoms with Gasteiger partial charge in [-0.1, -0.05) is 35.6 Å². The van der Waals surface area contributed by atoms with Gasteiger partial charge in [0, 0.05) is 10.6 Å². The second-order valence-electron chi connectivity index (χ2n) is 4.10. The van der Waals surface area contributed by atoms with Crippen molar-refractivity contribution in [1.82, 2.24) is 0 Å². The van der Waals surface area contributed by atoms with Crippen LogP contribution in [0.25, 0.3) is 0 Å². The fourth-order valence-electron chi connectivity index (χ4n) is 1.65. The summed E-state index contributed by atoms with van der Waals surface area (Å²) in [5, 5.41) is 9.10. The third kappa shape index (κ3) is 4.23. The average molecular weight is 322 g/mol. The van der Waals surface area contributed by atoms with E-state index in [-0.39, 0.29) is 11.5 Å². The van der Waals surface area contributed by atoms with E-state index in [0.717, 1.165) is 0 Å². The molecule has 0 heterocycles. The van der Waals surface area contributed by atoms with E-state index in [1.54, 1.807) is 30.3 Å². The first-order chi connectivity index (χ1) is 10.0. The van der Waals surface area contributed by atoms with Crippen LogP contribution in [0.3, 0.4) is 0 Å². The fraction of sp³-hybridized carbons (Fsp3) is 0.0667. The van der Waals surface area contributed by atoms with Gasteiger partial charge in [0.2, 0.25) is 0 Å². The minimum Gasteiger partial charge on any atom is -0.384 e. The zero-order valence-electron chi connectivity index (χ0n) is 10.9. The Hall–Kier alpha value is -2.00. The number of sulfonamides is 1. The molecule has 0 spiro atoms. The molecule has 21 heavy (non-hydrogen) atoms. The molecule has 0 saturated carbocycles. The predicted octanol–water partition coefficient (Wildman–Crippen LogP) is 2.48. The molecular weight excluding hydrogens is 310 g/mol. The van der Waals surface area contributed by atoms with Gasteiger partial charge in [-0.05, 0) is 36.4 Å². The van der Waals surface area contributed by atoms with Crippen LogP contribution in [0.15, 0.2) is 53.4 Å². The number of rotatable bonds is 3. The molecule has 0 aromatic heterocycles. The molecule has 0 aliphatic carbocycles. The molecule has 0 amide bonds. The second-order valence-corrected chi connectivity index (χ2v) is 6.22. The molecule has 0 aliphatic heterocycles. The van der Waals surface area contributed by atoms with Crippen LogP contribution in [-0.2, 0) is 10.0 Å². The SMILES string of the molecule is O=S(=O)(Nc1cccc(Cl)c1)c1cccc(C#CCO)c1. The summed E-state index contributed by atoms with van der Waals surface area (Å²) in [5.41, 5.74) is 0.896. The Morgan fingerprint density at radius 3 is 2.62 bits per heavy atom. The molecule has 0 atom stereocenters. The average Bonchev–Trinajstić information content (AvgIpc) is 2.45. The van der Waals surface area contributed by atoms with E-state index < -0.39 is 10.0 Å². The lowest BCUT2D eigenvalue weighted by Crippen LogP contribution is -2.13. The van der Waals surface area contributed by atoms with Crippen molar-refractivity contribution < 1.29 is 13.5 Å². The third-order valence-electron chi connectivity index (χ3n) is 2.53. The highest BCUT2D eigenvalue weighted by atomic mass is 35.5. The first-order valence-corrected chi connectivity index (χ1v) is 7.85. The molecule has 0 unspecified atom stereocenters. The summed E-state index contributed by atoms with van der Waals surface area (Å²) in [6.07, 6.45) is 0. The Morgan fingerprint density at radius 1 is 1.14 bits per heavy atom. The number of hydrogen-bond acceptors (Lipinski definition) is 3. The van der Waals surface area contributed by atoms with Gasteiger partial charge in [-0.15, -0.1) is 0 Å². The molecular formula is C15H12ClNO3S. The topological polar surface area (TPSA) is 66.4 Å². The Kier molecular flexibility index (Phi) is 4.86. The van der Waals surface area contributed by atoms with Gasteiger partial charge in [0.25, 0.3) is 10.0 Å². The van der Waals surface area contributed by atoms with Crippen molar-refractivity contribution in [2.75, 3.05) is 11.3 Å². The monoisotopic (exact) mass is 321 g/mol. The van der Waals surface area contributed by atoms with E-state index in [4.69, 9.17) is 16.7 Å². The molecule has 0 saturated heterocycles. The molecule has 6 heteroatoms. The van der Waals surface area contributed by atoms with Gasteiger partial charge in [0.15, 0.2) is 0 Å². The summed E-state index contributed by atoms with van der Waals surface area (Å²) in [5.74, 6) is 5.14. The normalized spacial score (nSPS) is 10.6. The molecule has 0 bridgehead atoms. The van der Waals surface area contributed by atoms with Crippen LogP contribution in [0.5, 0.6) is 0 Å². The van der Waals surface area contributed by atoms with E-state index in [1.165, 1.54) is 18.2 Å². The Morgan fingerprint density at radius 2 is 1.90 bits per heavy atom. The number of benzene rings is 2. The highest BCUT2D eigenvalue weighted by molar-refractivity contribution is 7.92. The first-order valence-electron chi connectivity index (χ1n) is 5.99. The van der Waals surface area contributed by atoms with Crippen LogP contribution in [0.4, 0.5) is 5.69 Å². The van der Waals surface area contributed by atoms with Crippen LogP contribution in [0, 0.1) is 11.8 Å². The molecule has 2 aromatic rings.